The third kappa shape index (κ3) is 3.37. The molecule has 0 aliphatic carbocycles. The van der Waals surface area contributed by atoms with Crippen molar-refractivity contribution in [1.29, 1.82) is 5.53 Å². The van der Waals surface area contributed by atoms with Crippen LogP contribution in [0, 0.1) is 15.6 Å². The van der Waals surface area contributed by atoms with Crippen molar-refractivity contribution >= 4 is 21.8 Å². The maximum Gasteiger partial charge on any atom is 0.289 e. The lowest BCUT2D eigenvalue weighted by atomic mass is 10.2. The first-order chi connectivity index (χ1) is 11.3. The van der Waals surface area contributed by atoms with Crippen molar-refractivity contribution in [2.45, 2.75) is 17.0 Å². The Morgan fingerprint density at radius 2 is 2.08 bits per heavy atom. The quantitative estimate of drug-likeness (QED) is 0.289. The molecule has 0 saturated carbocycles. The molecule has 1 aromatic carbocycles. The van der Waals surface area contributed by atoms with Crippen molar-refractivity contribution in [3.05, 3.63) is 34.4 Å². The van der Waals surface area contributed by atoms with E-state index >= 15 is 0 Å². The lowest BCUT2D eigenvalue weighted by molar-refractivity contribution is -0.387. The van der Waals surface area contributed by atoms with Gasteiger partial charge in [-0.25, -0.2) is 8.42 Å². The highest BCUT2D eigenvalue weighted by Crippen LogP contribution is 2.29. The van der Waals surface area contributed by atoms with E-state index in [4.69, 9.17) is 5.53 Å². The van der Waals surface area contributed by atoms with Crippen molar-refractivity contribution in [2.24, 2.45) is 5.11 Å². The van der Waals surface area contributed by atoms with E-state index in [9.17, 15) is 28.4 Å². The van der Waals surface area contributed by atoms with Crippen LogP contribution in [0.25, 0.3) is 0 Å². The Balaban J connectivity index is 2.39. The third-order valence-electron chi connectivity index (χ3n) is 3.44. The van der Waals surface area contributed by atoms with Gasteiger partial charge in [-0.2, -0.15) is 4.31 Å². The van der Waals surface area contributed by atoms with E-state index in [1.165, 1.54) is 12.1 Å². The number of nitrogens with one attached hydrogen (secondary N) is 2. The maximum atomic E-state index is 12.7. The Labute approximate surface area is 135 Å². The number of nitro benzene ring substituents is 1. The number of sulfonamides is 1. The number of carbonyl (C=O) groups is 1. The molecular weight excluding hydrogens is 344 g/mol. The molecule has 2 N–H and O–H groups in total. The minimum Gasteiger partial charge on any atom is -0.530 e. The van der Waals surface area contributed by atoms with Gasteiger partial charge in [0.15, 0.2) is 10.9 Å². The number of nitrogens with zero attached hydrogens (tertiary/aromatic N) is 4. The fourth-order valence-electron chi connectivity index (χ4n) is 2.40. The fourth-order valence-corrected chi connectivity index (χ4v) is 4.04. The number of nitro groups is 1. The average Bonchev–Trinajstić information content (AvgIpc) is 2.90. The van der Waals surface area contributed by atoms with Crippen LogP contribution in [-0.2, 0) is 10.0 Å². The molecule has 2 rings (SSSR count). The summed E-state index contributed by atoms with van der Waals surface area (Å²) in [6.07, 6.45) is -1.63. The van der Waals surface area contributed by atoms with Gasteiger partial charge in [0.2, 0.25) is 14.9 Å². The molecule has 1 aliphatic heterocycles. The van der Waals surface area contributed by atoms with E-state index in [-0.39, 0.29) is 13.1 Å². The SMILES string of the molecule is N=[N+]=NC1CN(S(=O)(=O)c2ccccc2[N+](=O)[O-])CC1NC(=O)[O-]. The minimum atomic E-state index is -4.26. The van der Waals surface area contributed by atoms with Crippen LogP contribution in [0.4, 0.5) is 10.5 Å². The number of amides is 1. The molecular formula is C11H12N6O6S. The molecule has 0 bridgehead atoms. The first kappa shape index (κ1) is 17.5. The Morgan fingerprint density at radius 1 is 1.42 bits per heavy atom. The number of rotatable bonds is 5. The normalized spacial score (nSPS) is 21.0. The Kier molecular flexibility index (Phi) is 4.87. The summed E-state index contributed by atoms with van der Waals surface area (Å²) in [6, 6.07) is 2.92. The molecule has 1 fully saturated rings. The molecule has 0 radical (unpaired) electrons. The molecule has 1 heterocycles. The highest BCUT2D eigenvalue weighted by molar-refractivity contribution is 7.89. The van der Waals surface area contributed by atoms with Crippen LogP contribution in [0.5, 0.6) is 0 Å². The second kappa shape index (κ2) is 6.70. The zero-order chi connectivity index (χ0) is 17.9. The summed E-state index contributed by atoms with van der Waals surface area (Å²) in [5.74, 6) is 0. The van der Waals surface area contributed by atoms with E-state index in [2.05, 4.69) is 10.0 Å². The second-order valence-electron chi connectivity index (χ2n) is 4.87. The summed E-state index contributed by atoms with van der Waals surface area (Å²) in [7, 11) is -4.26. The predicted molar refractivity (Wildman–Crippen MR) is 75.2 cm³/mol. The standard InChI is InChI=1S/C11H12N6O6S/c12-15-14-8-6-16(5-7(8)13-11(18)19)24(22,23)10-4-2-1-3-9(10)17(20)21/h1-4,7-8,12-13H,5-6H2. The molecule has 0 aromatic heterocycles. The van der Waals surface area contributed by atoms with Crippen molar-refractivity contribution in [3.63, 3.8) is 0 Å². The van der Waals surface area contributed by atoms with Crippen LogP contribution >= 0.6 is 0 Å². The monoisotopic (exact) mass is 356 g/mol. The summed E-state index contributed by atoms with van der Waals surface area (Å²) in [5.41, 5.74) is 6.14. The summed E-state index contributed by atoms with van der Waals surface area (Å²) in [4.78, 5) is 23.2. The van der Waals surface area contributed by atoms with Crippen molar-refractivity contribution in [3.8, 4) is 0 Å². The molecule has 2 atom stereocenters. The van der Waals surface area contributed by atoms with Gasteiger partial charge in [-0.05, 0) is 6.07 Å². The smallest absolute Gasteiger partial charge is 0.289 e. The zero-order valence-electron chi connectivity index (χ0n) is 12.0. The predicted octanol–water partition coefficient (Wildman–Crippen LogP) is -1.18. The minimum absolute atomic E-state index is 0.276. The average molecular weight is 356 g/mol. The summed E-state index contributed by atoms with van der Waals surface area (Å²) in [5, 5.41) is 27.2. The van der Waals surface area contributed by atoms with Gasteiger partial charge in [0.05, 0.1) is 11.0 Å². The van der Waals surface area contributed by atoms with Crippen molar-refractivity contribution < 1.29 is 23.2 Å². The number of carbonyl (C=O) groups excluding carboxylic acids is 1. The van der Waals surface area contributed by atoms with Crippen LogP contribution in [-0.4, -0.2) is 48.9 Å². The molecule has 2 unspecified atom stereocenters. The topological polar surface area (TPSA) is 183 Å². The molecule has 12 nitrogen and oxygen atoms in total. The van der Waals surface area contributed by atoms with Gasteiger partial charge in [-0.3, -0.25) is 10.1 Å². The van der Waals surface area contributed by atoms with Crippen LogP contribution in [0.2, 0.25) is 0 Å². The van der Waals surface area contributed by atoms with E-state index in [0.717, 1.165) is 16.4 Å². The van der Waals surface area contributed by atoms with E-state index in [1.807, 2.05) is 5.32 Å². The molecule has 1 saturated heterocycles. The Hall–Kier alpha value is -2.89. The van der Waals surface area contributed by atoms with Gasteiger partial charge in [-0.1, -0.05) is 12.1 Å². The van der Waals surface area contributed by atoms with Crippen LogP contribution < -0.4 is 15.3 Å². The fraction of sp³-hybridized carbons (Fsp3) is 0.364. The van der Waals surface area contributed by atoms with Crippen LogP contribution in [0.3, 0.4) is 0 Å². The number of benzene rings is 1. The molecule has 0 spiro atoms. The van der Waals surface area contributed by atoms with Gasteiger partial charge in [0.1, 0.15) is 16.7 Å². The van der Waals surface area contributed by atoms with Crippen molar-refractivity contribution in [2.75, 3.05) is 13.1 Å². The van der Waals surface area contributed by atoms with Crippen molar-refractivity contribution in [1.82, 2.24) is 14.5 Å². The molecule has 1 aliphatic rings. The number of para-hydroxylation sites is 1. The number of hydrogen-bond donors (Lipinski definition) is 2. The highest BCUT2D eigenvalue weighted by atomic mass is 32.2. The molecule has 13 heteroatoms. The first-order valence-corrected chi connectivity index (χ1v) is 7.99. The molecule has 24 heavy (non-hydrogen) atoms. The maximum absolute atomic E-state index is 12.7. The third-order valence-corrected chi connectivity index (χ3v) is 5.32. The Bertz CT molecular complexity index is 820. The first-order valence-electron chi connectivity index (χ1n) is 6.55. The van der Waals surface area contributed by atoms with E-state index in [0.29, 0.717) is 0 Å². The largest absolute Gasteiger partial charge is 0.530 e. The Morgan fingerprint density at radius 3 is 2.67 bits per heavy atom. The molecule has 128 valence electrons. The van der Waals surface area contributed by atoms with Crippen LogP contribution in [0.1, 0.15) is 0 Å². The van der Waals surface area contributed by atoms with E-state index < -0.39 is 43.7 Å². The van der Waals surface area contributed by atoms with Gasteiger partial charge >= 0.3 is 0 Å². The summed E-state index contributed by atoms with van der Waals surface area (Å²) in [6.45, 7) is -0.590. The van der Waals surface area contributed by atoms with Gasteiger partial charge in [0.25, 0.3) is 5.69 Å². The van der Waals surface area contributed by atoms with Gasteiger partial charge in [-0.15, -0.1) is 0 Å². The lowest BCUT2D eigenvalue weighted by Gasteiger charge is -2.17. The van der Waals surface area contributed by atoms with E-state index in [1.54, 1.807) is 0 Å². The van der Waals surface area contributed by atoms with Gasteiger partial charge < -0.3 is 15.2 Å². The summed E-state index contributed by atoms with van der Waals surface area (Å²) >= 11 is 0. The number of hydrogen-bond acceptors (Lipinski definition) is 8. The van der Waals surface area contributed by atoms with Gasteiger partial charge in [0, 0.05) is 19.2 Å². The van der Waals surface area contributed by atoms with Crippen LogP contribution in [0.15, 0.2) is 34.3 Å². The number of carboxylic acid groups (broad SMARTS) is 1. The lowest BCUT2D eigenvalue weighted by Crippen LogP contribution is -2.48. The highest BCUT2D eigenvalue weighted by Gasteiger charge is 2.43. The zero-order valence-corrected chi connectivity index (χ0v) is 12.8. The second-order valence-corrected chi connectivity index (χ2v) is 6.77. The molecule has 1 aromatic rings. The summed E-state index contributed by atoms with van der Waals surface area (Å²) < 4.78 is 26.2. The molecule has 1 amide bonds.